The maximum atomic E-state index is 12.3. The lowest BCUT2D eigenvalue weighted by molar-refractivity contribution is -0.125. The van der Waals surface area contributed by atoms with Gasteiger partial charge in [-0.1, -0.05) is 0 Å². The molecular weight excluding hydrogens is 366 g/mol. The highest BCUT2D eigenvalue weighted by atomic mass is 16.5. The molecule has 1 heterocycles. The monoisotopic (exact) mass is 395 g/mol. The first kappa shape index (κ1) is 22.1. The number of hydrogen-bond acceptors (Lipinski definition) is 7. The normalized spacial score (nSPS) is 24.0. The van der Waals surface area contributed by atoms with Crippen LogP contribution in [0.4, 0.5) is 5.69 Å². The van der Waals surface area contributed by atoms with Crippen molar-refractivity contribution in [2.45, 2.75) is 30.8 Å². The predicted molar refractivity (Wildman–Crippen MR) is 103 cm³/mol. The molecule has 1 fully saturated rings. The van der Waals surface area contributed by atoms with Gasteiger partial charge in [-0.25, -0.2) is 0 Å². The van der Waals surface area contributed by atoms with Crippen LogP contribution in [0.15, 0.2) is 24.3 Å². The predicted octanol–water partition coefficient (Wildman–Crippen LogP) is -0.876. The van der Waals surface area contributed by atoms with Gasteiger partial charge < -0.3 is 35.2 Å². The van der Waals surface area contributed by atoms with Crippen LogP contribution in [0.3, 0.4) is 0 Å². The largest absolute Gasteiger partial charge is 0.388 e. The van der Waals surface area contributed by atoms with Crippen LogP contribution in [0.1, 0.15) is 16.8 Å². The summed E-state index contributed by atoms with van der Waals surface area (Å²) in [6.07, 6.45) is -4.10. The van der Waals surface area contributed by atoms with Gasteiger partial charge in [0.05, 0.1) is 19.1 Å². The molecule has 1 aliphatic rings. The summed E-state index contributed by atoms with van der Waals surface area (Å²) in [7, 11) is 5.35. The summed E-state index contributed by atoms with van der Waals surface area (Å²) in [6.45, 7) is 0.758. The van der Waals surface area contributed by atoms with Gasteiger partial charge in [0.2, 0.25) is 5.91 Å². The summed E-state index contributed by atoms with van der Waals surface area (Å²) in [6, 6.07) is 7.08. The first-order valence-corrected chi connectivity index (χ1v) is 9.16. The highest BCUT2D eigenvalue weighted by Gasteiger charge is 2.43. The number of ether oxygens (including phenoxy) is 2. The molecule has 0 aliphatic carbocycles. The minimum absolute atomic E-state index is 0.0221. The van der Waals surface area contributed by atoms with Crippen LogP contribution >= 0.6 is 0 Å². The van der Waals surface area contributed by atoms with Gasteiger partial charge in [0.25, 0.3) is 5.91 Å². The molecule has 9 nitrogen and oxygen atoms in total. The number of methoxy groups -OCH3 is 1. The zero-order chi connectivity index (χ0) is 20.7. The number of nitrogens with one attached hydrogen (secondary N) is 2. The highest BCUT2D eigenvalue weighted by Crippen LogP contribution is 2.23. The second-order valence-corrected chi connectivity index (χ2v) is 6.89. The van der Waals surface area contributed by atoms with Crippen LogP contribution < -0.4 is 15.5 Å². The van der Waals surface area contributed by atoms with Crippen molar-refractivity contribution in [3.8, 4) is 0 Å². The molecule has 0 aromatic heterocycles. The van der Waals surface area contributed by atoms with Gasteiger partial charge in [0.15, 0.2) is 0 Å². The van der Waals surface area contributed by atoms with E-state index in [-0.39, 0.29) is 24.8 Å². The second-order valence-electron chi connectivity index (χ2n) is 6.89. The SMILES string of the molecule is COCCNC(=O)CC1OC(CNC(=O)c2ccc(N(C)C)cc2)C(O)C1O. The molecule has 9 heteroatoms. The Morgan fingerprint density at radius 3 is 2.36 bits per heavy atom. The zero-order valence-electron chi connectivity index (χ0n) is 16.4. The molecule has 2 amide bonds. The third kappa shape index (κ3) is 5.90. The van der Waals surface area contributed by atoms with Gasteiger partial charge in [-0.15, -0.1) is 0 Å². The number of benzene rings is 1. The van der Waals surface area contributed by atoms with Crippen molar-refractivity contribution >= 4 is 17.5 Å². The number of carbonyl (C=O) groups is 2. The van der Waals surface area contributed by atoms with E-state index in [2.05, 4.69) is 10.6 Å². The molecule has 4 atom stereocenters. The molecule has 0 spiro atoms. The fraction of sp³-hybridized carbons (Fsp3) is 0.579. The maximum Gasteiger partial charge on any atom is 0.251 e. The van der Waals surface area contributed by atoms with Crippen molar-refractivity contribution in [3.05, 3.63) is 29.8 Å². The number of rotatable bonds is 9. The molecule has 2 rings (SSSR count). The van der Waals surface area contributed by atoms with Crippen LogP contribution in [0.25, 0.3) is 0 Å². The summed E-state index contributed by atoms with van der Waals surface area (Å²) >= 11 is 0. The van der Waals surface area contributed by atoms with Gasteiger partial charge in [-0.3, -0.25) is 9.59 Å². The van der Waals surface area contributed by atoms with E-state index in [1.54, 1.807) is 12.1 Å². The zero-order valence-corrected chi connectivity index (χ0v) is 16.4. The average molecular weight is 395 g/mol. The molecule has 0 bridgehead atoms. The fourth-order valence-corrected chi connectivity index (χ4v) is 2.92. The summed E-state index contributed by atoms with van der Waals surface area (Å²) in [5.41, 5.74) is 1.45. The van der Waals surface area contributed by atoms with Crippen LogP contribution in [0.5, 0.6) is 0 Å². The summed E-state index contributed by atoms with van der Waals surface area (Å²) < 4.78 is 10.4. The van der Waals surface area contributed by atoms with Gasteiger partial charge in [0.1, 0.15) is 18.3 Å². The van der Waals surface area contributed by atoms with E-state index in [1.807, 2.05) is 31.1 Å². The van der Waals surface area contributed by atoms with Gasteiger partial charge in [-0.2, -0.15) is 0 Å². The Hall–Kier alpha value is -2.20. The van der Waals surface area contributed by atoms with Crippen molar-refractivity contribution in [3.63, 3.8) is 0 Å². The van der Waals surface area contributed by atoms with Crippen molar-refractivity contribution in [1.29, 1.82) is 0 Å². The lowest BCUT2D eigenvalue weighted by atomic mass is 10.1. The smallest absolute Gasteiger partial charge is 0.251 e. The molecule has 1 aliphatic heterocycles. The van der Waals surface area contributed by atoms with Crippen LogP contribution in [0, 0.1) is 0 Å². The van der Waals surface area contributed by atoms with Gasteiger partial charge in [-0.05, 0) is 24.3 Å². The Labute approximate surface area is 164 Å². The lowest BCUT2D eigenvalue weighted by Crippen LogP contribution is -2.40. The lowest BCUT2D eigenvalue weighted by Gasteiger charge is -2.16. The Kier molecular flexibility index (Phi) is 8.18. The van der Waals surface area contributed by atoms with Crippen molar-refractivity contribution in [1.82, 2.24) is 10.6 Å². The number of nitrogens with zero attached hydrogens (tertiary/aromatic N) is 1. The van der Waals surface area contributed by atoms with E-state index in [9.17, 15) is 19.8 Å². The Morgan fingerprint density at radius 1 is 1.11 bits per heavy atom. The van der Waals surface area contributed by atoms with E-state index in [0.717, 1.165) is 5.69 Å². The second kappa shape index (κ2) is 10.4. The van der Waals surface area contributed by atoms with Crippen molar-refractivity contribution in [2.24, 2.45) is 0 Å². The molecular formula is C19H29N3O6. The first-order chi connectivity index (χ1) is 13.3. The standard InChI is InChI=1S/C19H29N3O6/c1-22(2)13-6-4-12(5-7-13)19(26)21-11-15-18(25)17(24)14(28-15)10-16(23)20-8-9-27-3/h4-7,14-15,17-18,24-25H,8-11H2,1-3H3,(H,20,23)(H,21,26). The number of aliphatic hydroxyl groups is 2. The van der Waals surface area contributed by atoms with Crippen molar-refractivity contribution in [2.75, 3.05) is 45.8 Å². The number of hydrogen-bond donors (Lipinski definition) is 4. The molecule has 4 unspecified atom stereocenters. The summed E-state index contributed by atoms with van der Waals surface area (Å²) in [4.78, 5) is 26.1. The van der Waals surface area contributed by atoms with E-state index >= 15 is 0 Å². The number of anilines is 1. The van der Waals surface area contributed by atoms with Gasteiger partial charge in [0, 0.05) is 45.5 Å². The molecule has 28 heavy (non-hydrogen) atoms. The van der Waals surface area contributed by atoms with E-state index in [1.165, 1.54) is 7.11 Å². The minimum Gasteiger partial charge on any atom is -0.388 e. The molecule has 4 N–H and O–H groups in total. The van der Waals surface area contributed by atoms with E-state index in [0.29, 0.717) is 18.7 Å². The molecule has 1 aromatic rings. The molecule has 156 valence electrons. The molecule has 0 radical (unpaired) electrons. The minimum atomic E-state index is -1.20. The Morgan fingerprint density at radius 2 is 1.75 bits per heavy atom. The van der Waals surface area contributed by atoms with Crippen LogP contribution in [-0.4, -0.2) is 87.3 Å². The van der Waals surface area contributed by atoms with Gasteiger partial charge >= 0.3 is 0 Å². The Balaban J connectivity index is 1.83. The molecule has 0 saturated carbocycles. The maximum absolute atomic E-state index is 12.3. The number of amides is 2. The Bertz CT molecular complexity index is 652. The van der Waals surface area contributed by atoms with Crippen molar-refractivity contribution < 1.29 is 29.3 Å². The van der Waals surface area contributed by atoms with Crippen LogP contribution in [0.2, 0.25) is 0 Å². The summed E-state index contributed by atoms with van der Waals surface area (Å²) in [5, 5.41) is 25.6. The third-order valence-electron chi connectivity index (χ3n) is 4.59. The highest BCUT2D eigenvalue weighted by molar-refractivity contribution is 5.94. The first-order valence-electron chi connectivity index (χ1n) is 9.16. The third-order valence-corrected chi connectivity index (χ3v) is 4.59. The average Bonchev–Trinajstić information content (AvgIpc) is 2.94. The quantitative estimate of drug-likeness (QED) is 0.401. The molecule has 1 aromatic carbocycles. The van der Waals surface area contributed by atoms with Crippen LogP contribution in [-0.2, 0) is 14.3 Å². The van der Waals surface area contributed by atoms with E-state index in [4.69, 9.17) is 9.47 Å². The number of carbonyl (C=O) groups excluding carboxylic acids is 2. The number of aliphatic hydroxyl groups excluding tert-OH is 2. The molecule has 1 saturated heterocycles. The summed E-state index contributed by atoms with van der Waals surface area (Å²) in [5.74, 6) is -0.615. The fourth-order valence-electron chi connectivity index (χ4n) is 2.92. The topological polar surface area (TPSA) is 120 Å². The van der Waals surface area contributed by atoms with E-state index < -0.39 is 24.4 Å².